The van der Waals surface area contributed by atoms with Crippen molar-refractivity contribution in [2.24, 2.45) is 0 Å². The van der Waals surface area contributed by atoms with Gasteiger partial charge in [-0.3, -0.25) is 0 Å². The molecule has 1 aromatic carbocycles. The molecule has 0 atom stereocenters. The maximum atomic E-state index is 10.1. The molecule has 0 unspecified atom stereocenters. The minimum Gasteiger partial charge on any atom is -0.788 e. The van der Waals surface area contributed by atoms with E-state index in [-0.39, 0.29) is 65.7 Å². The third-order valence-electron chi connectivity index (χ3n) is 3.78. The molecule has 0 aliphatic carbocycles. The van der Waals surface area contributed by atoms with E-state index in [2.05, 4.69) is 9.56 Å². The molecule has 0 N–H and O–H groups in total. The topological polar surface area (TPSA) is 90.9 Å². The SMILES string of the molecule is O=P([O-])([O-])OOCCCCCCCCCCCCOc1ccccc1.[Na+].[Na+]. The van der Waals surface area contributed by atoms with Crippen LogP contribution in [0.2, 0.25) is 0 Å². The van der Waals surface area contributed by atoms with Crippen molar-refractivity contribution >= 4 is 7.82 Å². The second-order valence-corrected chi connectivity index (χ2v) is 7.08. The van der Waals surface area contributed by atoms with Crippen molar-refractivity contribution in [1.82, 2.24) is 0 Å². The maximum Gasteiger partial charge on any atom is 1.00 e. The molecule has 0 spiro atoms. The first-order chi connectivity index (χ1) is 12.1. The van der Waals surface area contributed by atoms with Crippen LogP contribution in [0.1, 0.15) is 64.2 Å². The number of benzene rings is 1. The van der Waals surface area contributed by atoms with Gasteiger partial charge in [0.25, 0.3) is 0 Å². The molecule has 0 aliphatic rings. The molecule has 0 saturated heterocycles. The Morgan fingerprint density at radius 2 is 1.15 bits per heavy atom. The molecule has 0 bridgehead atoms. The molecular weight excluding hydrogens is 389 g/mol. The van der Waals surface area contributed by atoms with Crippen LogP contribution in [0.5, 0.6) is 5.75 Å². The Balaban J connectivity index is 0. The molecule has 144 valence electrons. The van der Waals surface area contributed by atoms with Gasteiger partial charge >= 0.3 is 59.1 Å². The summed E-state index contributed by atoms with van der Waals surface area (Å²) < 4.78 is 19.5. The largest absolute Gasteiger partial charge is 1.00 e. The van der Waals surface area contributed by atoms with Gasteiger partial charge < -0.3 is 19.1 Å². The Labute approximate surface area is 207 Å². The normalized spacial score (nSPS) is 10.7. The monoisotopic (exact) mass is 418 g/mol. The summed E-state index contributed by atoms with van der Waals surface area (Å²) in [6.07, 6.45) is 11.1. The van der Waals surface area contributed by atoms with Crippen molar-refractivity contribution in [2.45, 2.75) is 64.2 Å². The number of ether oxygens (including phenoxy) is 1. The molecular formula is C18H29Na2O6P. The van der Waals surface area contributed by atoms with Crippen LogP contribution in [-0.4, -0.2) is 13.2 Å². The number of hydrogen-bond donors (Lipinski definition) is 0. The van der Waals surface area contributed by atoms with Gasteiger partial charge in [-0.2, -0.15) is 0 Å². The third-order valence-corrected chi connectivity index (χ3v) is 4.07. The van der Waals surface area contributed by atoms with Crippen molar-refractivity contribution in [2.75, 3.05) is 13.2 Å². The first-order valence-electron chi connectivity index (χ1n) is 9.09. The van der Waals surface area contributed by atoms with E-state index in [4.69, 9.17) is 4.74 Å². The Bertz CT molecular complexity index is 472. The van der Waals surface area contributed by atoms with Gasteiger partial charge in [-0.25, -0.2) is 9.56 Å². The Morgan fingerprint density at radius 3 is 1.63 bits per heavy atom. The van der Waals surface area contributed by atoms with E-state index >= 15 is 0 Å². The number of para-hydroxylation sites is 1. The molecule has 9 heteroatoms. The van der Waals surface area contributed by atoms with Crippen LogP contribution in [0.25, 0.3) is 0 Å². The minimum absolute atomic E-state index is 0. The maximum absolute atomic E-state index is 10.1. The first kappa shape index (κ1) is 30.3. The molecule has 27 heavy (non-hydrogen) atoms. The Morgan fingerprint density at radius 1 is 0.704 bits per heavy atom. The van der Waals surface area contributed by atoms with Crippen molar-refractivity contribution in [1.29, 1.82) is 0 Å². The van der Waals surface area contributed by atoms with E-state index in [9.17, 15) is 14.4 Å². The predicted molar refractivity (Wildman–Crippen MR) is 92.8 cm³/mol. The summed E-state index contributed by atoms with van der Waals surface area (Å²) in [6, 6.07) is 9.90. The Kier molecular flexibility index (Phi) is 22.8. The standard InChI is InChI=1S/C18H31O6P.2Na/c19-25(20,21)24-23-17-13-8-6-4-2-1-3-5-7-12-16-22-18-14-10-9-11-15-18;;/h9-11,14-15H,1-8,12-13,16-17H2,(H2,19,20,21);;/q;2*+1/p-2. The fourth-order valence-electron chi connectivity index (χ4n) is 2.49. The molecule has 0 radical (unpaired) electrons. The summed E-state index contributed by atoms with van der Waals surface area (Å²) in [4.78, 5) is 24.6. The molecule has 0 fully saturated rings. The first-order valence-corrected chi connectivity index (χ1v) is 10.5. The molecule has 1 aromatic rings. The zero-order valence-electron chi connectivity index (χ0n) is 16.8. The second kappa shape index (κ2) is 20.4. The summed E-state index contributed by atoms with van der Waals surface area (Å²) in [5.41, 5.74) is 0. The van der Waals surface area contributed by atoms with Gasteiger partial charge in [0.2, 0.25) is 0 Å². The fraction of sp³-hybridized carbons (Fsp3) is 0.667. The number of phosphoric acid groups is 1. The summed E-state index contributed by atoms with van der Waals surface area (Å²) in [7, 11) is -5.00. The van der Waals surface area contributed by atoms with Gasteiger partial charge in [-0.1, -0.05) is 69.6 Å². The molecule has 1 rings (SSSR count). The van der Waals surface area contributed by atoms with Crippen LogP contribution in [0.15, 0.2) is 30.3 Å². The van der Waals surface area contributed by atoms with Crippen LogP contribution < -0.4 is 73.6 Å². The van der Waals surface area contributed by atoms with Gasteiger partial charge in [0.05, 0.1) is 13.2 Å². The van der Waals surface area contributed by atoms with Crippen molar-refractivity contribution in [3.63, 3.8) is 0 Å². The average molecular weight is 418 g/mol. The van der Waals surface area contributed by atoms with Gasteiger partial charge in [-0.05, 0) is 25.0 Å². The van der Waals surface area contributed by atoms with Crippen molar-refractivity contribution < 1.29 is 87.8 Å². The zero-order valence-corrected chi connectivity index (χ0v) is 21.7. The Hall–Kier alpha value is 1.09. The molecule has 6 nitrogen and oxygen atoms in total. The van der Waals surface area contributed by atoms with Gasteiger partial charge in [0, 0.05) is 0 Å². The number of rotatable bonds is 16. The molecule has 0 saturated carbocycles. The quantitative estimate of drug-likeness (QED) is 0.0991. The van der Waals surface area contributed by atoms with E-state index in [1.165, 1.54) is 38.5 Å². The average Bonchev–Trinajstić information content (AvgIpc) is 2.58. The van der Waals surface area contributed by atoms with Crippen LogP contribution in [-0.2, 0) is 14.1 Å². The molecule has 0 heterocycles. The van der Waals surface area contributed by atoms with Crippen LogP contribution in [0, 0.1) is 0 Å². The zero-order chi connectivity index (χ0) is 18.2. The predicted octanol–water partition coefficient (Wildman–Crippen LogP) is -2.25. The van der Waals surface area contributed by atoms with E-state index in [0.717, 1.165) is 31.6 Å². The smallest absolute Gasteiger partial charge is 0.788 e. The van der Waals surface area contributed by atoms with Crippen molar-refractivity contribution in [3.8, 4) is 5.75 Å². The van der Waals surface area contributed by atoms with Gasteiger partial charge in [0.15, 0.2) is 0 Å². The van der Waals surface area contributed by atoms with Crippen LogP contribution >= 0.6 is 7.82 Å². The van der Waals surface area contributed by atoms with Crippen molar-refractivity contribution in [3.05, 3.63) is 30.3 Å². The molecule has 0 amide bonds. The molecule has 0 aromatic heterocycles. The van der Waals surface area contributed by atoms with Gasteiger partial charge in [0.1, 0.15) is 13.6 Å². The summed E-state index contributed by atoms with van der Waals surface area (Å²) in [6.45, 7) is 0.920. The second-order valence-electron chi connectivity index (χ2n) is 6.04. The van der Waals surface area contributed by atoms with E-state index in [1.54, 1.807) is 0 Å². The summed E-state index contributed by atoms with van der Waals surface area (Å²) >= 11 is 0. The number of hydrogen-bond acceptors (Lipinski definition) is 6. The van der Waals surface area contributed by atoms with E-state index in [0.29, 0.717) is 6.42 Å². The molecule has 0 aliphatic heterocycles. The fourth-order valence-corrected chi connectivity index (χ4v) is 2.69. The third kappa shape index (κ3) is 21.6. The van der Waals surface area contributed by atoms with Crippen LogP contribution in [0.4, 0.5) is 0 Å². The summed E-state index contributed by atoms with van der Waals surface area (Å²) in [5, 5.41) is 0. The van der Waals surface area contributed by atoms with Gasteiger partial charge in [-0.15, -0.1) is 0 Å². The van der Waals surface area contributed by atoms with Crippen LogP contribution in [0.3, 0.4) is 0 Å². The summed E-state index contributed by atoms with van der Waals surface area (Å²) in [5.74, 6) is 0.939. The minimum atomic E-state index is -5.00. The number of unbranched alkanes of at least 4 members (excludes halogenated alkanes) is 9. The van der Waals surface area contributed by atoms with E-state index < -0.39 is 7.82 Å². The van der Waals surface area contributed by atoms with E-state index in [1.807, 2.05) is 30.3 Å².